The summed E-state index contributed by atoms with van der Waals surface area (Å²) < 4.78 is 0. The van der Waals surface area contributed by atoms with Crippen LogP contribution in [-0.4, -0.2) is 47.7 Å². The van der Waals surface area contributed by atoms with Gasteiger partial charge in [-0.15, -0.1) is 0 Å². The Bertz CT molecular complexity index is 275. The van der Waals surface area contributed by atoms with E-state index < -0.39 is 0 Å². The predicted molar refractivity (Wildman–Crippen MR) is 49.7 cm³/mol. The summed E-state index contributed by atoms with van der Waals surface area (Å²) >= 11 is 0. The lowest BCUT2D eigenvalue weighted by molar-refractivity contribution is -0.125. The Morgan fingerprint density at radius 3 is 2.50 bits per heavy atom. The fraction of sp³-hybridized carbons (Fsp3) is 0.667. The maximum absolute atomic E-state index is 11.3. The number of nitrogens with zero attached hydrogens (tertiary/aromatic N) is 2. The number of carbonyl (C=O) groups is 3. The summed E-state index contributed by atoms with van der Waals surface area (Å²) in [6, 6.07) is -0.265. The third-order valence-corrected chi connectivity index (χ3v) is 2.14. The molecule has 0 spiro atoms. The molecule has 0 saturated carbocycles. The Labute approximate surface area is 82.7 Å². The van der Waals surface area contributed by atoms with Crippen molar-refractivity contribution < 1.29 is 14.4 Å². The van der Waals surface area contributed by atoms with Gasteiger partial charge in [0, 0.05) is 20.0 Å². The molecular weight excluding hydrogens is 184 g/mol. The first-order chi connectivity index (χ1) is 6.52. The Morgan fingerprint density at radius 1 is 1.43 bits per heavy atom. The van der Waals surface area contributed by atoms with E-state index in [1.165, 1.54) is 16.7 Å². The minimum Gasteiger partial charge on any atom is -0.318 e. The Hall–Kier alpha value is -1.39. The van der Waals surface area contributed by atoms with Crippen LogP contribution in [0.2, 0.25) is 0 Å². The van der Waals surface area contributed by atoms with Crippen LogP contribution in [-0.2, 0) is 9.59 Å². The van der Waals surface area contributed by atoms with Gasteiger partial charge in [-0.05, 0) is 13.3 Å². The number of hydrogen-bond acceptors (Lipinski definition) is 3. The lowest BCUT2D eigenvalue weighted by Gasteiger charge is -2.12. The summed E-state index contributed by atoms with van der Waals surface area (Å²) in [6.07, 6.45) is 0.974. The number of carbonyl (C=O) groups excluding carboxylic acids is 3. The van der Waals surface area contributed by atoms with E-state index in [1.54, 1.807) is 7.05 Å². The molecule has 1 rings (SSSR count). The van der Waals surface area contributed by atoms with Gasteiger partial charge in [0.05, 0.1) is 0 Å². The fourth-order valence-electron chi connectivity index (χ4n) is 1.38. The molecule has 5 heteroatoms. The fourth-order valence-corrected chi connectivity index (χ4v) is 1.38. The summed E-state index contributed by atoms with van der Waals surface area (Å²) in [5.74, 6) is -0.0986. The molecule has 0 unspecified atom stereocenters. The Balaban J connectivity index is 2.41. The zero-order chi connectivity index (χ0) is 10.7. The van der Waals surface area contributed by atoms with E-state index in [4.69, 9.17) is 0 Å². The van der Waals surface area contributed by atoms with E-state index in [1.807, 2.05) is 0 Å². The van der Waals surface area contributed by atoms with Crippen LogP contribution in [0.1, 0.15) is 19.8 Å². The minimum absolute atomic E-state index is 0.0810. The molecule has 3 amide bonds. The summed E-state index contributed by atoms with van der Waals surface area (Å²) in [4.78, 5) is 35.8. The van der Waals surface area contributed by atoms with Gasteiger partial charge in [-0.1, -0.05) is 0 Å². The van der Waals surface area contributed by atoms with Crippen LogP contribution in [0, 0.1) is 0 Å². The van der Waals surface area contributed by atoms with Crippen molar-refractivity contribution in [3.8, 4) is 0 Å². The third kappa shape index (κ3) is 2.31. The van der Waals surface area contributed by atoms with Gasteiger partial charge in [0.15, 0.2) is 0 Å². The third-order valence-electron chi connectivity index (χ3n) is 2.14. The normalized spacial score (nSPS) is 16.7. The van der Waals surface area contributed by atoms with Gasteiger partial charge in [0.1, 0.15) is 12.3 Å². The lowest BCUT2D eigenvalue weighted by atomic mass is 10.2. The molecular formula is C9H14N2O3. The number of urea groups is 1. The first-order valence-corrected chi connectivity index (χ1v) is 4.57. The molecule has 1 saturated heterocycles. The molecule has 5 nitrogen and oxygen atoms in total. The van der Waals surface area contributed by atoms with Crippen LogP contribution < -0.4 is 0 Å². The maximum atomic E-state index is 11.3. The molecule has 0 radical (unpaired) electrons. The van der Waals surface area contributed by atoms with Crippen LogP contribution >= 0.6 is 0 Å². The molecule has 0 N–H and O–H groups in total. The highest BCUT2D eigenvalue weighted by Crippen LogP contribution is 2.08. The van der Waals surface area contributed by atoms with Gasteiger partial charge >= 0.3 is 6.03 Å². The van der Waals surface area contributed by atoms with E-state index in [0.717, 1.165) is 0 Å². The number of imide groups is 1. The van der Waals surface area contributed by atoms with Crippen LogP contribution in [0.4, 0.5) is 4.79 Å². The van der Waals surface area contributed by atoms with Crippen molar-refractivity contribution in [2.75, 3.05) is 20.1 Å². The molecule has 14 heavy (non-hydrogen) atoms. The predicted octanol–water partition coefficient (Wildman–Crippen LogP) is 0.250. The first kappa shape index (κ1) is 10.7. The summed E-state index contributed by atoms with van der Waals surface area (Å²) in [5.41, 5.74) is 0. The largest absolute Gasteiger partial charge is 0.326 e. The molecule has 0 aliphatic carbocycles. The molecule has 1 aliphatic rings. The van der Waals surface area contributed by atoms with Crippen molar-refractivity contribution in [2.45, 2.75) is 19.8 Å². The van der Waals surface area contributed by atoms with Crippen molar-refractivity contribution >= 4 is 17.7 Å². The van der Waals surface area contributed by atoms with Crippen molar-refractivity contribution in [3.05, 3.63) is 0 Å². The summed E-state index contributed by atoms with van der Waals surface area (Å²) in [7, 11) is 1.59. The molecule has 0 bridgehead atoms. The van der Waals surface area contributed by atoms with Crippen LogP contribution in [0.15, 0.2) is 0 Å². The molecule has 1 fully saturated rings. The second-order valence-corrected chi connectivity index (χ2v) is 3.49. The minimum atomic E-state index is -0.265. The number of Topliss-reactive ketones (excluding diaryl/α,β-unsaturated/α-hetero) is 1. The van der Waals surface area contributed by atoms with Gasteiger partial charge in [-0.2, -0.15) is 0 Å². The second-order valence-electron chi connectivity index (χ2n) is 3.49. The lowest BCUT2D eigenvalue weighted by Crippen LogP contribution is -2.32. The van der Waals surface area contributed by atoms with Crippen molar-refractivity contribution in [3.63, 3.8) is 0 Å². The molecule has 0 atom stereocenters. The van der Waals surface area contributed by atoms with Crippen molar-refractivity contribution in [2.24, 2.45) is 0 Å². The number of hydrogen-bond donors (Lipinski definition) is 0. The van der Waals surface area contributed by atoms with E-state index in [9.17, 15) is 14.4 Å². The van der Waals surface area contributed by atoms with Gasteiger partial charge in [0.2, 0.25) is 5.91 Å². The van der Waals surface area contributed by atoms with Crippen molar-refractivity contribution in [1.29, 1.82) is 0 Å². The SMILES string of the molecule is CC(=O)CCCN1C(=O)CN(C)C1=O. The first-order valence-electron chi connectivity index (χ1n) is 4.57. The van der Waals surface area contributed by atoms with Gasteiger partial charge in [-0.3, -0.25) is 9.69 Å². The Kier molecular flexibility index (Phi) is 3.22. The van der Waals surface area contributed by atoms with E-state index >= 15 is 0 Å². The van der Waals surface area contributed by atoms with E-state index in [2.05, 4.69) is 0 Å². The van der Waals surface area contributed by atoms with Gasteiger partial charge in [-0.25, -0.2) is 4.79 Å². The van der Waals surface area contributed by atoms with E-state index in [0.29, 0.717) is 19.4 Å². The number of amides is 3. The molecule has 1 aliphatic heterocycles. The Morgan fingerprint density at radius 2 is 2.07 bits per heavy atom. The highest BCUT2D eigenvalue weighted by atomic mass is 16.2. The average Bonchev–Trinajstić information content (AvgIpc) is 2.31. The maximum Gasteiger partial charge on any atom is 0.326 e. The zero-order valence-electron chi connectivity index (χ0n) is 8.45. The van der Waals surface area contributed by atoms with Gasteiger partial charge in [0.25, 0.3) is 0 Å². The van der Waals surface area contributed by atoms with Crippen LogP contribution in [0.5, 0.6) is 0 Å². The number of likely N-dealkylation sites (N-methyl/N-ethyl adjacent to an activating group) is 1. The molecule has 0 aromatic carbocycles. The van der Waals surface area contributed by atoms with Crippen LogP contribution in [0.25, 0.3) is 0 Å². The zero-order valence-corrected chi connectivity index (χ0v) is 8.45. The monoisotopic (exact) mass is 198 g/mol. The molecule has 0 aromatic heterocycles. The highest BCUT2D eigenvalue weighted by Gasteiger charge is 2.32. The molecule has 78 valence electrons. The van der Waals surface area contributed by atoms with E-state index in [-0.39, 0.29) is 24.3 Å². The average molecular weight is 198 g/mol. The summed E-state index contributed by atoms with van der Waals surface area (Å²) in [6.45, 7) is 2.00. The number of ketones is 1. The topological polar surface area (TPSA) is 57.7 Å². The number of rotatable bonds is 4. The molecule has 0 aromatic rings. The molecule has 1 heterocycles. The second kappa shape index (κ2) is 4.21. The van der Waals surface area contributed by atoms with Crippen molar-refractivity contribution in [1.82, 2.24) is 9.80 Å². The standard InChI is InChI=1S/C9H14N2O3/c1-7(12)4-3-5-11-8(13)6-10(2)9(11)14/h3-6H2,1-2H3. The van der Waals surface area contributed by atoms with Gasteiger partial charge < -0.3 is 9.69 Å². The quantitative estimate of drug-likeness (QED) is 0.608. The highest BCUT2D eigenvalue weighted by molar-refractivity contribution is 6.01. The smallest absolute Gasteiger partial charge is 0.318 e. The summed E-state index contributed by atoms with van der Waals surface area (Å²) in [5, 5.41) is 0. The van der Waals surface area contributed by atoms with Crippen LogP contribution in [0.3, 0.4) is 0 Å².